The second kappa shape index (κ2) is 14.1. The molecule has 2 N–H and O–H groups in total. The third kappa shape index (κ3) is 8.19. The average molecular weight is 565 g/mol. The Morgan fingerprint density at radius 1 is 0.854 bits per heavy atom. The van der Waals surface area contributed by atoms with E-state index in [1.807, 2.05) is 48.5 Å². The van der Waals surface area contributed by atoms with Crippen molar-refractivity contribution in [1.29, 1.82) is 0 Å². The Bertz CT molecular complexity index is 1550. The Hall–Kier alpha value is -4.62. The van der Waals surface area contributed by atoms with Crippen molar-refractivity contribution in [2.45, 2.75) is 24.7 Å². The van der Waals surface area contributed by atoms with Crippen LogP contribution in [0.1, 0.15) is 51.6 Å². The molecule has 0 aliphatic rings. The van der Waals surface area contributed by atoms with Crippen LogP contribution in [-0.2, 0) is 4.79 Å². The van der Waals surface area contributed by atoms with Crippen molar-refractivity contribution < 1.29 is 19.1 Å². The number of hydrogen-bond acceptors (Lipinski definition) is 5. The van der Waals surface area contributed by atoms with E-state index in [-0.39, 0.29) is 23.1 Å². The molecular formula is C34H32N2O4S. The fourth-order valence-electron chi connectivity index (χ4n) is 4.05. The maximum atomic E-state index is 13.4. The number of thioether (sulfide) groups is 1. The topological polar surface area (TPSA) is 84.5 Å². The zero-order chi connectivity index (χ0) is 29.2. The molecule has 4 aromatic carbocycles. The summed E-state index contributed by atoms with van der Waals surface area (Å²) in [7, 11) is 1.54. The SMILES string of the molecule is COc1ccccc1C(=O)CSc1cccc(NC(=O)/C(=C/c2ccc(C(C)C)cc2)NC(=O)c2ccccc2)c1. The summed E-state index contributed by atoms with van der Waals surface area (Å²) in [6, 6.07) is 31.0. The number of benzene rings is 4. The molecule has 4 rings (SSSR count). The summed E-state index contributed by atoms with van der Waals surface area (Å²) in [4.78, 5) is 40.0. The Kier molecular flexibility index (Phi) is 10.1. The maximum Gasteiger partial charge on any atom is 0.272 e. The van der Waals surface area contributed by atoms with Gasteiger partial charge >= 0.3 is 0 Å². The highest BCUT2D eigenvalue weighted by Crippen LogP contribution is 2.25. The van der Waals surface area contributed by atoms with Crippen LogP contribution in [0.2, 0.25) is 0 Å². The molecular weight excluding hydrogens is 532 g/mol. The third-order valence-electron chi connectivity index (χ3n) is 6.31. The molecule has 0 aromatic heterocycles. The van der Waals surface area contributed by atoms with Crippen molar-refractivity contribution in [2.75, 3.05) is 18.2 Å². The van der Waals surface area contributed by atoms with Gasteiger partial charge in [0.1, 0.15) is 11.4 Å². The number of methoxy groups -OCH3 is 1. The summed E-state index contributed by atoms with van der Waals surface area (Å²) in [6.45, 7) is 4.23. The number of Topliss-reactive ketones (excluding diaryl/α,β-unsaturated/α-hetero) is 1. The lowest BCUT2D eigenvalue weighted by Crippen LogP contribution is -2.30. The van der Waals surface area contributed by atoms with Crippen LogP contribution in [0.15, 0.2) is 114 Å². The quantitative estimate of drug-likeness (QED) is 0.114. The molecule has 0 saturated heterocycles. The molecule has 2 amide bonds. The van der Waals surface area contributed by atoms with Gasteiger partial charge in [0.05, 0.1) is 18.4 Å². The first-order valence-electron chi connectivity index (χ1n) is 13.2. The molecule has 0 unspecified atom stereocenters. The minimum Gasteiger partial charge on any atom is -0.496 e. The molecule has 0 fully saturated rings. The van der Waals surface area contributed by atoms with Crippen LogP contribution < -0.4 is 15.4 Å². The second-order valence-corrected chi connectivity index (χ2v) is 10.6. The minimum atomic E-state index is -0.463. The normalized spacial score (nSPS) is 11.2. The van der Waals surface area contributed by atoms with Crippen LogP contribution in [-0.4, -0.2) is 30.5 Å². The largest absolute Gasteiger partial charge is 0.496 e. The van der Waals surface area contributed by atoms with E-state index >= 15 is 0 Å². The highest BCUT2D eigenvalue weighted by atomic mass is 32.2. The number of carbonyl (C=O) groups is 3. The highest BCUT2D eigenvalue weighted by Gasteiger charge is 2.16. The van der Waals surface area contributed by atoms with E-state index in [2.05, 4.69) is 24.5 Å². The summed E-state index contributed by atoms with van der Waals surface area (Å²) >= 11 is 1.37. The Morgan fingerprint density at radius 3 is 2.27 bits per heavy atom. The number of hydrogen-bond donors (Lipinski definition) is 2. The first-order valence-corrected chi connectivity index (χ1v) is 14.2. The number of ether oxygens (including phenoxy) is 1. The fourth-order valence-corrected chi connectivity index (χ4v) is 4.89. The van der Waals surface area contributed by atoms with Gasteiger partial charge in [-0.3, -0.25) is 14.4 Å². The summed E-state index contributed by atoms with van der Waals surface area (Å²) < 4.78 is 5.31. The van der Waals surface area contributed by atoms with Gasteiger partial charge in [-0.05, 0) is 65.6 Å². The molecule has 0 aliphatic heterocycles. The first-order chi connectivity index (χ1) is 19.8. The van der Waals surface area contributed by atoms with Crippen molar-refractivity contribution in [1.82, 2.24) is 5.32 Å². The summed E-state index contributed by atoms with van der Waals surface area (Å²) in [5.41, 5.74) is 3.59. The number of carbonyl (C=O) groups excluding carboxylic acids is 3. The van der Waals surface area contributed by atoms with Gasteiger partial charge in [-0.25, -0.2) is 0 Å². The van der Waals surface area contributed by atoms with Gasteiger partial charge in [-0.1, -0.05) is 74.5 Å². The standard InChI is InChI=1S/C34H32N2O4S/c1-23(2)25-18-16-24(17-19-25)20-30(36-33(38)26-10-5-4-6-11-26)34(39)35-27-12-9-13-28(21-27)41-22-31(37)29-14-7-8-15-32(29)40-3/h4-21,23H,22H2,1-3H3,(H,35,39)(H,36,38)/b30-20-. The lowest BCUT2D eigenvalue weighted by Gasteiger charge is -2.13. The molecule has 0 aliphatic carbocycles. The van der Waals surface area contributed by atoms with Crippen LogP contribution in [0.4, 0.5) is 5.69 Å². The number of para-hydroxylation sites is 1. The van der Waals surface area contributed by atoms with Crippen molar-refractivity contribution in [2.24, 2.45) is 0 Å². The molecule has 6 nitrogen and oxygen atoms in total. The van der Waals surface area contributed by atoms with Crippen molar-refractivity contribution in [3.05, 3.63) is 131 Å². The number of rotatable bonds is 11. The van der Waals surface area contributed by atoms with Gasteiger partial charge in [-0.15, -0.1) is 11.8 Å². The van der Waals surface area contributed by atoms with Gasteiger partial charge in [0.2, 0.25) is 0 Å². The van der Waals surface area contributed by atoms with E-state index in [1.54, 1.807) is 60.7 Å². The number of nitrogens with one attached hydrogen (secondary N) is 2. The van der Waals surface area contributed by atoms with E-state index in [1.165, 1.54) is 24.4 Å². The van der Waals surface area contributed by atoms with Crippen LogP contribution in [0.5, 0.6) is 5.75 Å². The molecule has 0 heterocycles. The highest BCUT2D eigenvalue weighted by molar-refractivity contribution is 8.00. The average Bonchev–Trinajstić information content (AvgIpc) is 3.00. The molecule has 0 bridgehead atoms. The summed E-state index contributed by atoms with van der Waals surface area (Å²) in [5, 5.41) is 5.66. The Balaban J connectivity index is 1.50. The summed E-state index contributed by atoms with van der Waals surface area (Å²) in [5.74, 6) is 0.222. The predicted molar refractivity (Wildman–Crippen MR) is 166 cm³/mol. The second-order valence-electron chi connectivity index (χ2n) is 9.59. The maximum absolute atomic E-state index is 13.4. The summed E-state index contributed by atoms with van der Waals surface area (Å²) in [6.07, 6.45) is 1.66. The van der Waals surface area contributed by atoms with E-state index in [0.717, 1.165) is 10.5 Å². The van der Waals surface area contributed by atoms with Crippen molar-refractivity contribution in [3.63, 3.8) is 0 Å². The number of amides is 2. The van der Waals surface area contributed by atoms with E-state index in [4.69, 9.17) is 4.74 Å². The van der Waals surface area contributed by atoms with Gasteiger partial charge in [-0.2, -0.15) is 0 Å². The van der Waals surface area contributed by atoms with E-state index < -0.39 is 5.91 Å². The molecule has 0 radical (unpaired) electrons. The molecule has 208 valence electrons. The van der Waals surface area contributed by atoms with E-state index in [9.17, 15) is 14.4 Å². The smallest absolute Gasteiger partial charge is 0.272 e. The minimum absolute atomic E-state index is 0.0563. The van der Waals surface area contributed by atoms with Gasteiger partial charge in [0.25, 0.3) is 11.8 Å². The lowest BCUT2D eigenvalue weighted by molar-refractivity contribution is -0.113. The monoisotopic (exact) mass is 564 g/mol. The zero-order valence-corrected chi connectivity index (χ0v) is 24.0. The molecule has 41 heavy (non-hydrogen) atoms. The molecule has 4 aromatic rings. The van der Waals surface area contributed by atoms with Gasteiger partial charge < -0.3 is 15.4 Å². The molecule has 7 heteroatoms. The van der Waals surface area contributed by atoms with Crippen LogP contribution in [0.25, 0.3) is 6.08 Å². The molecule has 0 atom stereocenters. The third-order valence-corrected chi connectivity index (χ3v) is 7.31. The Labute approximate surface area is 244 Å². The van der Waals surface area contributed by atoms with Crippen LogP contribution in [0.3, 0.4) is 0 Å². The number of anilines is 1. The van der Waals surface area contributed by atoms with Crippen LogP contribution >= 0.6 is 11.8 Å². The number of ketones is 1. The zero-order valence-electron chi connectivity index (χ0n) is 23.2. The molecule has 0 spiro atoms. The van der Waals surface area contributed by atoms with Gasteiger partial charge in [0.15, 0.2) is 5.78 Å². The Morgan fingerprint density at radius 2 is 1.56 bits per heavy atom. The van der Waals surface area contributed by atoms with Crippen molar-refractivity contribution in [3.8, 4) is 5.75 Å². The lowest BCUT2D eigenvalue weighted by atomic mass is 10.0. The van der Waals surface area contributed by atoms with E-state index in [0.29, 0.717) is 28.5 Å². The fraction of sp³-hybridized carbons (Fsp3) is 0.147. The first kappa shape index (κ1) is 29.4. The molecule has 0 saturated carbocycles. The van der Waals surface area contributed by atoms with Crippen molar-refractivity contribution >= 4 is 41.1 Å². The van der Waals surface area contributed by atoms with Crippen LogP contribution in [0, 0.1) is 0 Å². The predicted octanol–water partition coefficient (Wildman–Crippen LogP) is 7.20. The van der Waals surface area contributed by atoms with Gasteiger partial charge in [0, 0.05) is 16.1 Å².